The van der Waals surface area contributed by atoms with Crippen molar-refractivity contribution in [3.63, 3.8) is 0 Å². The molecule has 0 N–H and O–H groups in total. The average Bonchev–Trinajstić information content (AvgIpc) is 2.76. The molecular weight excluding hydrogens is 287 g/mol. The monoisotopic (exact) mass is 315 g/mol. The predicted octanol–water partition coefficient (Wildman–Crippen LogP) is 4.57. The molecule has 0 aliphatic heterocycles. The lowest BCUT2D eigenvalue weighted by atomic mass is 10.3. The van der Waals surface area contributed by atoms with Crippen LogP contribution in [-0.2, 0) is 6.18 Å². The van der Waals surface area contributed by atoms with Crippen molar-refractivity contribution in [2.45, 2.75) is 40.8 Å². The van der Waals surface area contributed by atoms with Crippen LogP contribution in [-0.4, -0.2) is 40.1 Å². The van der Waals surface area contributed by atoms with Crippen molar-refractivity contribution in [1.82, 2.24) is 13.5 Å². The maximum atomic E-state index is 12.6. The quantitative estimate of drug-likeness (QED) is 0.797. The largest absolute Gasteiger partial charge is 0.435 e. The summed E-state index contributed by atoms with van der Waals surface area (Å²) in [7, 11) is 2.17. The standard InChI is InChI=1S/C9H16F3N3S.2C2H6/c1-7-6-15(16(4,5)14(2)3)13-8(7)9(10,11)12;2*1-2/h6H,1-5H3;2*1-2H3. The molecule has 0 amide bonds. The van der Waals surface area contributed by atoms with Crippen molar-refractivity contribution in [3.05, 3.63) is 17.5 Å². The van der Waals surface area contributed by atoms with Gasteiger partial charge in [-0.15, -0.1) is 0 Å². The zero-order valence-electron chi connectivity index (χ0n) is 14.0. The highest BCUT2D eigenvalue weighted by molar-refractivity contribution is 8.29. The lowest BCUT2D eigenvalue weighted by Crippen LogP contribution is -2.24. The van der Waals surface area contributed by atoms with Gasteiger partial charge in [-0.3, -0.25) is 4.31 Å². The zero-order chi connectivity index (χ0) is 16.7. The van der Waals surface area contributed by atoms with Crippen LogP contribution in [0.25, 0.3) is 0 Å². The first-order valence-corrected chi connectivity index (χ1v) is 8.98. The van der Waals surface area contributed by atoms with E-state index in [1.54, 1.807) is 0 Å². The van der Waals surface area contributed by atoms with E-state index in [0.717, 1.165) is 0 Å². The van der Waals surface area contributed by atoms with Gasteiger partial charge in [0.2, 0.25) is 0 Å². The van der Waals surface area contributed by atoms with E-state index in [4.69, 9.17) is 0 Å². The molecule has 1 heterocycles. The molecule has 0 saturated carbocycles. The molecule has 0 aromatic carbocycles. The van der Waals surface area contributed by atoms with Gasteiger partial charge in [-0.2, -0.15) is 18.3 Å². The summed E-state index contributed by atoms with van der Waals surface area (Å²) in [5.74, 6) is 0. The third-order valence-electron chi connectivity index (χ3n) is 2.50. The van der Waals surface area contributed by atoms with Gasteiger partial charge in [-0.25, -0.2) is 4.09 Å². The smallest absolute Gasteiger partial charge is 0.257 e. The summed E-state index contributed by atoms with van der Waals surface area (Å²) >= 11 is 0. The third-order valence-corrected chi connectivity index (χ3v) is 5.39. The van der Waals surface area contributed by atoms with Gasteiger partial charge in [-0.05, 0) is 33.5 Å². The molecule has 122 valence electrons. The third kappa shape index (κ3) is 5.36. The highest BCUT2D eigenvalue weighted by atomic mass is 32.3. The van der Waals surface area contributed by atoms with Crippen LogP contribution in [0.15, 0.2) is 6.20 Å². The second-order valence-corrected chi connectivity index (χ2v) is 7.64. The Bertz CT molecular complexity index is 385. The van der Waals surface area contributed by atoms with E-state index in [0.29, 0.717) is 0 Å². The maximum Gasteiger partial charge on any atom is 0.435 e. The highest BCUT2D eigenvalue weighted by Crippen LogP contribution is 2.44. The Hall–Kier alpha value is -0.690. The summed E-state index contributed by atoms with van der Waals surface area (Å²) in [5, 5.41) is 3.66. The summed E-state index contributed by atoms with van der Waals surface area (Å²) in [6.07, 6.45) is 0.856. The average molecular weight is 315 g/mol. The van der Waals surface area contributed by atoms with Crippen LogP contribution in [0.5, 0.6) is 0 Å². The number of hydrogen-bond donors (Lipinski definition) is 0. The maximum absolute atomic E-state index is 12.6. The van der Waals surface area contributed by atoms with E-state index >= 15 is 0 Å². The minimum absolute atomic E-state index is 0.162. The number of rotatable bonds is 2. The minimum Gasteiger partial charge on any atom is -0.257 e. The van der Waals surface area contributed by atoms with Gasteiger partial charge in [0.25, 0.3) is 0 Å². The molecule has 1 rings (SSSR count). The van der Waals surface area contributed by atoms with E-state index < -0.39 is 22.3 Å². The Balaban J connectivity index is 0. The van der Waals surface area contributed by atoms with E-state index in [1.807, 2.05) is 58.6 Å². The van der Waals surface area contributed by atoms with Crippen molar-refractivity contribution in [3.8, 4) is 0 Å². The van der Waals surface area contributed by atoms with Gasteiger partial charge >= 0.3 is 6.18 Å². The molecule has 0 fully saturated rings. The minimum atomic E-state index is -4.38. The molecule has 0 bridgehead atoms. The van der Waals surface area contributed by atoms with Crippen LogP contribution in [0.2, 0.25) is 0 Å². The van der Waals surface area contributed by atoms with Crippen LogP contribution in [0.1, 0.15) is 39.0 Å². The highest BCUT2D eigenvalue weighted by Gasteiger charge is 2.37. The van der Waals surface area contributed by atoms with Crippen LogP contribution < -0.4 is 0 Å². The number of aryl methyl sites for hydroxylation is 1. The summed E-state index contributed by atoms with van der Waals surface area (Å²) in [6.45, 7) is 9.43. The molecule has 0 unspecified atom stereocenters. The fraction of sp³-hybridized carbons (Fsp3) is 0.769. The number of aromatic nitrogens is 2. The van der Waals surface area contributed by atoms with Crippen molar-refractivity contribution < 1.29 is 13.2 Å². The topological polar surface area (TPSA) is 21.1 Å². The molecule has 0 saturated heterocycles. The first kappa shape index (κ1) is 21.6. The van der Waals surface area contributed by atoms with Gasteiger partial charge in [0.1, 0.15) is 0 Å². The number of halogens is 3. The molecule has 0 atom stereocenters. The molecule has 0 aliphatic carbocycles. The lowest BCUT2D eigenvalue weighted by molar-refractivity contribution is -0.141. The van der Waals surface area contributed by atoms with Crippen molar-refractivity contribution in [2.24, 2.45) is 0 Å². The SMILES string of the molecule is CC.CC.Cc1cn(S(C)(C)N(C)C)nc1C(F)(F)F. The Kier molecular flexibility index (Phi) is 9.25. The molecule has 1 aromatic heterocycles. The van der Waals surface area contributed by atoms with Gasteiger partial charge in [-0.1, -0.05) is 38.1 Å². The van der Waals surface area contributed by atoms with Crippen molar-refractivity contribution >= 4 is 10.4 Å². The number of hydrogen-bond acceptors (Lipinski definition) is 2. The molecule has 1 aromatic rings. The van der Waals surface area contributed by atoms with E-state index in [1.165, 1.54) is 17.2 Å². The van der Waals surface area contributed by atoms with Crippen LogP contribution in [0, 0.1) is 6.92 Å². The first-order valence-electron chi connectivity index (χ1n) is 6.61. The van der Waals surface area contributed by atoms with Gasteiger partial charge < -0.3 is 0 Å². The second-order valence-electron chi connectivity index (χ2n) is 4.09. The summed E-state index contributed by atoms with van der Waals surface area (Å²) < 4.78 is 41.0. The van der Waals surface area contributed by atoms with E-state index in [9.17, 15) is 13.2 Å². The van der Waals surface area contributed by atoms with Crippen LogP contribution in [0.3, 0.4) is 0 Å². The number of nitrogens with zero attached hydrogens (tertiary/aromatic N) is 3. The van der Waals surface area contributed by atoms with Crippen molar-refractivity contribution in [2.75, 3.05) is 26.6 Å². The van der Waals surface area contributed by atoms with E-state index in [-0.39, 0.29) is 5.56 Å². The molecule has 20 heavy (non-hydrogen) atoms. The molecule has 7 heteroatoms. The lowest BCUT2D eigenvalue weighted by Gasteiger charge is -2.38. The normalized spacial score (nSPS) is 12.2. The Morgan fingerprint density at radius 1 is 1.10 bits per heavy atom. The van der Waals surface area contributed by atoms with Gasteiger partial charge in [0, 0.05) is 11.8 Å². The first-order chi connectivity index (χ1) is 9.06. The van der Waals surface area contributed by atoms with Crippen LogP contribution in [0.4, 0.5) is 13.2 Å². The Morgan fingerprint density at radius 3 is 1.75 bits per heavy atom. The fourth-order valence-electron chi connectivity index (χ4n) is 1.11. The van der Waals surface area contributed by atoms with Gasteiger partial charge in [0.05, 0.1) is 0 Å². The molecular formula is C13H28F3N3S. The molecule has 0 aliphatic rings. The Labute approximate surface area is 122 Å². The molecule has 0 spiro atoms. The zero-order valence-corrected chi connectivity index (χ0v) is 14.8. The summed E-state index contributed by atoms with van der Waals surface area (Å²) in [5.41, 5.74) is -0.634. The van der Waals surface area contributed by atoms with Crippen molar-refractivity contribution in [1.29, 1.82) is 0 Å². The van der Waals surface area contributed by atoms with Gasteiger partial charge in [0.15, 0.2) is 5.69 Å². The molecule has 3 nitrogen and oxygen atoms in total. The predicted molar refractivity (Wildman–Crippen MR) is 83.2 cm³/mol. The van der Waals surface area contributed by atoms with Crippen LogP contribution >= 0.6 is 10.4 Å². The number of alkyl halides is 3. The summed E-state index contributed by atoms with van der Waals surface area (Å²) in [4.78, 5) is 0. The Morgan fingerprint density at radius 2 is 1.50 bits per heavy atom. The van der Waals surface area contributed by atoms with E-state index in [2.05, 4.69) is 5.10 Å². The fourth-order valence-corrected chi connectivity index (χ4v) is 2.14. The molecule has 0 radical (unpaired) electrons. The second kappa shape index (κ2) is 8.56. The summed E-state index contributed by atoms with van der Waals surface area (Å²) in [6, 6.07) is 0.